The van der Waals surface area contributed by atoms with Gasteiger partial charge in [-0.3, -0.25) is 9.59 Å². The highest BCUT2D eigenvalue weighted by molar-refractivity contribution is 9.10. The molecule has 110 valence electrons. The molecule has 0 saturated heterocycles. The van der Waals surface area contributed by atoms with Crippen molar-refractivity contribution in [1.82, 2.24) is 4.90 Å². The Balaban J connectivity index is 2.96. The van der Waals surface area contributed by atoms with E-state index in [1.807, 2.05) is 32.9 Å². The van der Waals surface area contributed by atoms with Crippen LogP contribution in [0.5, 0.6) is 0 Å². The second-order valence-corrected chi connectivity index (χ2v) is 5.76. The topological polar surface area (TPSA) is 46.6 Å². The number of nitrogens with zero attached hydrogens (tertiary/aromatic N) is 1. The number of halogens is 1. The Hall–Kier alpha value is -1.36. The van der Waals surface area contributed by atoms with Crippen molar-refractivity contribution < 1.29 is 14.3 Å². The first-order valence-electron chi connectivity index (χ1n) is 6.59. The third-order valence-electron chi connectivity index (χ3n) is 2.78. The van der Waals surface area contributed by atoms with Gasteiger partial charge in [-0.1, -0.05) is 15.9 Å². The standard InChI is InChI=1S/C15H20BrNO3/c1-5-20-14(18)9-17(10(2)3)15(19)12-6-11(4)7-13(16)8-12/h6-8,10H,5,9H2,1-4H3. The van der Waals surface area contributed by atoms with Crippen LogP contribution in [0.25, 0.3) is 0 Å². The number of benzene rings is 1. The molecule has 0 aliphatic carbocycles. The van der Waals surface area contributed by atoms with E-state index in [-0.39, 0.29) is 24.5 Å². The lowest BCUT2D eigenvalue weighted by atomic mass is 10.1. The number of amides is 1. The molecule has 1 aromatic carbocycles. The number of rotatable bonds is 5. The largest absolute Gasteiger partial charge is 0.465 e. The molecule has 0 unspecified atom stereocenters. The van der Waals surface area contributed by atoms with Gasteiger partial charge in [-0.15, -0.1) is 0 Å². The summed E-state index contributed by atoms with van der Waals surface area (Å²) in [5, 5.41) is 0. The maximum atomic E-state index is 12.5. The monoisotopic (exact) mass is 341 g/mol. The number of hydrogen-bond donors (Lipinski definition) is 0. The van der Waals surface area contributed by atoms with Crippen LogP contribution in [0.15, 0.2) is 22.7 Å². The fourth-order valence-electron chi connectivity index (χ4n) is 1.86. The van der Waals surface area contributed by atoms with Crippen molar-refractivity contribution in [2.24, 2.45) is 0 Å². The average Bonchev–Trinajstić information content (AvgIpc) is 2.34. The van der Waals surface area contributed by atoms with Gasteiger partial charge >= 0.3 is 5.97 Å². The molecule has 0 aromatic heterocycles. The third-order valence-corrected chi connectivity index (χ3v) is 3.24. The molecule has 20 heavy (non-hydrogen) atoms. The second kappa shape index (κ2) is 7.43. The first kappa shape index (κ1) is 16.7. The van der Waals surface area contributed by atoms with E-state index in [2.05, 4.69) is 15.9 Å². The van der Waals surface area contributed by atoms with E-state index >= 15 is 0 Å². The van der Waals surface area contributed by atoms with Gasteiger partial charge in [0.05, 0.1) is 6.61 Å². The molecule has 0 fully saturated rings. The Morgan fingerprint density at radius 2 is 1.95 bits per heavy atom. The first-order chi connectivity index (χ1) is 9.35. The summed E-state index contributed by atoms with van der Waals surface area (Å²) < 4.78 is 5.76. The van der Waals surface area contributed by atoms with E-state index in [0.29, 0.717) is 12.2 Å². The molecule has 0 spiro atoms. The van der Waals surface area contributed by atoms with Crippen LogP contribution in [0.3, 0.4) is 0 Å². The molecular weight excluding hydrogens is 322 g/mol. The van der Waals surface area contributed by atoms with Crippen LogP contribution in [-0.2, 0) is 9.53 Å². The maximum absolute atomic E-state index is 12.5. The van der Waals surface area contributed by atoms with Gasteiger partial charge in [0.25, 0.3) is 5.91 Å². The SMILES string of the molecule is CCOC(=O)CN(C(=O)c1cc(C)cc(Br)c1)C(C)C. The van der Waals surface area contributed by atoms with Crippen molar-refractivity contribution in [2.45, 2.75) is 33.7 Å². The highest BCUT2D eigenvalue weighted by Gasteiger charge is 2.22. The molecule has 5 heteroatoms. The highest BCUT2D eigenvalue weighted by atomic mass is 79.9. The van der Waals surface area contributed by atoms with Crippen molar-refractivity contribution in [1.29, 1.82) is 0 Å². The number of ether oxygens (including phenoxy) is 1. The molecule has 0 N–H and O–H groups in total. The fourth-order valence-corrected chi connectivity index (χ4v) is 2.47. The maximum Gasteiger partial charge on any atom is 0.325 e. The first-order valence-corrected chi connectivity index (χ1v) is 7.38. The van der Waals surface area contributed by atoms with Gasteiger partial charge in [0, 0.05) is 16.1 Å². The van der Waals surface area contributed by atoms with Crippen LogP contribution in [0.4, 0.5) is 0 Å². The number of hydrogen-bond acceptors (Lipinski definition) is 3. The smallest absolute Gasteiger partial charge is 0.325 e. The molecule has 1 rings (SSSR count). The quantitative estimate of drug-likeness (QED) is 0.772. The summed E-state index contributed by atoms with van der Waals surface area (Å²) in [5.41, 5.74) is 1.55. The summed E-state index contributed by atoms with van der Waals surface area (Å²) in [4.78, 5) is 25.6. The lowest BCUT2D eigenvalue weighted by Gasteiger charge is -2.26. The molecule has 0 aliphatic rings. The minimum atomic E-state index is -0.388. The van der Waals surface area contributed by atoms with Gasteiger partial charge in [-0.25, -0.2) is 0 Å². The van der Waals surface area contributed by atoms with Gasteiger partial charge in [-0.2, -0.15) is 0 Å². The van der Waals surface area contributed by atoms with E-state index in [1.54, 1.807) is 13.0 Å². The van der Waals surface area contributed by atoms with Gasteiger partial charge in [0.2, 0.25) is 0 Å². The molecule has 1 aromatic rings. The minimum absolute atomic E-state index is 0.0318. The lowest BCUT2D eigenvalue weighted by molar-refractivity contribution is -0.144. The van der Waals surface area contributed by atoms with Gasteiger partial charge in [0.15, 0.2) is 0 Å². The van der Waals surface area contributed by atoms with Crippen molar-refractivity contribution in [3.05, 3.63) is 33.8 Å². The van der Waals surface area contributed by atoms with E-state index in [9.17, 15) is 9.59 Å². The summed E-state index contributed by atoms with van der Waals surface area (Å²) in [6.07, 6.45) is 0. The summed E-state index contributed by atoms with van der Waals surface area (Å²) in [6, 6.07) is 5.43. The predicted octanol–water partition coefficient (Wildman–Crippen LogP) is 3.17. The van der Waals surface area contributed by atoms with Crippen LogP contribution in [-0.4, -0.2) is 36.0 Å². The Kier molecular flexibility index (Phi) is 6.20. The molecule has 0 heterocycles. The van der Waals surface area contributed by atoms with Gasteiger partial charge in [0.1, 0.15) is 6.54 Å². The summed E-state index contributed by atoms with van der Waals surface area (Å²) in [7, 11) is 0. The van der Waals surface area contributed by atoms with Crippen LogP contribution in [0.1, 0.15) is 36.7 Å². The van der Waals surface area contributed by atoms with Crippen molar-refractivity contribution in [2.75, 3.05) is 13.2 Å². The molecule has 0 bridgehead atoms. The predicted molar refractivity (Wildman–Crippen MR) is 81.7 cm³/mol. The molecule has 1 amide bonds. The van der Waals surface area contributed by atoms with E-state index in [0.717, 1.165) is 10.0 Å². The summed E-state index contributed by atoms with van der Waals surface area (Å²) in [5.74, 6) is -0.557. The molecule has 4 nitrogen and oxygen atoms in total. The van der Waals surface area contributed by atoms with E-state index < -0.39 is 0 Å². The van der Waals surface area contributed by atoms with Crippen molar-refractivity contribution in [3.8, 4) is 0 Å². The summed E-state index contributed by atoms with van der Waals surface area (Å²) >= 11 is 3.38. The zero-order valence-corrected chi connectivity index (χ0v) is 13.9. The fraction of sp³-hybridized carbons (Fsp3) is 0.467. The van der Waals surface area contributed by atoms with E-state index in [1.165, 1.54) is 4.90 Å². The van der Waals surface area contributed by atoms with Crippen molar-refractivity contribution >= 4 is 27.8 Å². The van der Waals surface area contributed by atoms with Crippen LogP contribution in [0.2, 0.25) is 0 Å². The Labute approximate surface area is 128 Å². The number of esters is 1. The normalized spacial score (nSPS) is 10.5. The van der Waals surface area contributed by atoms with Crippen LogP contribution in [0, 0.1) is 6.92 Å². The molecular formula is C15H20BrNO3. The Morgan fingerprint density at radius 1 is 1.30 bits per heavy atom. The number of carbonyl (C=O) groups is 2. The average molecular weight is 342 g/mol. The zero-order chi connectivity index (χ0) is 15.3. The van der Waals surface area contributed by atoms with Gasteiger partial charge in [-0.05, 0) is 51.5 Å². The number of aryl methyl sites for hydroxylation is 1. The Bertz CT molecular complexity index is 480. The van der Waals surface area contributed by atoms with Crippen LogP contribution >= 0.6 is 15.9 Å². The Morgan fingerprint density at radius 3 is 2.45 bits per heavy atom. The van der Waals surface area contributed by atoms with Crippen LogP contribution < -0.4 is 0 Å². The number of carbonyl (C=O) groups excluding carboxylic acids is 2. The molecule has 0 atom stereocenters. The lowest BCUT2D eigenvalue weighted by Crippen LogP contribution is -2.41. The third kappa shape index (κ3) is 4.63. The minimum Gasteiger partial charge on any atom is -0.465 e. The van der Waals surface area contributed by atoms with E-state index in [4.69, 9.17) is 4.74 Å². The molecule has 0 aliphatic heterocycles. The van der Waals surface area contributed by atoms with Crippen molar-refractivity contribution in [3.63, 3.8) is 0 Å². The highest BCUT2D eigenvalue weighted by Crippen LogP contribution is 2.17. The van der Waals surface area contributed by atoms with Gasteiger partial charge < -0.3 is 9.64 Å². The molecule has 0 saturated carbocycles. The molecule has 0 radical (unpaired) electrons. The second-order valence-electron chi connectivity index (χ2n) is 4.85. The zero-order valence-electron chi connectivity index (χ0n) is 12.3. The summed E-state index contributed by atoms with van der Waals surface area (Å²) in [6.45, 7) is 7.71.